The van der Waals surface area contributed by atoms with Gasteiger partial charge in [-0.25, -0.2) is 0 Å². The summed E-state index contributed by atoms with van der Waals surface area (Å²) in [7, 11) is 0. The lowest BCUT2D eigenvalue weighted by atomic mass is 9.92. The molecule has 0 bridgehead atoms. The third-order valence-corrected chi connectivity index (χ3v) is 7.45. The van der Waals surface area contributed by atoms with E-state index in [4.69, 9.17) is 0 Å². The van der Waals surface area contributed by atoms with E-state index in [0.717, 1.165) is 45.7 Å². The molecule has 30 heavy (non-hydrogen) atoms. The number of aromatic nitrogens is 1. The second-order valence-electron chi connectivity index (χ2n) is 9.64. The lowest BCUT2D eigenvalue weighted by Crippen LogP contribution is -2.51. The first-order valence-corrected chi connectivity index (χ1v) is 12.4. The molecule has 1 aromatic rings. The number of hydrogen-bond acceptors (Lipinski definition) is 4. The van der Waals surface area contributed by atoms with Crippen LogP contribution in [-0.2, 0) is 11.3 Å². The number of carbonyl (C=O) groups is 1. The van der Waals surface area contributed by atoms with Gasteiger partial charge in [0, 0.05) is 44.6 Å². The molecule has 1 amide bonds. The van der Waals surface area contributed by atoms with Crippen LogP contribution in [0.25, 0.3) is 0 Å². The van der Waals surface area contributed by atoms with Crippen molar-refractivity contribution in [2.45, 2.75) is 76.8 Å². The molecule has 3 fully saturated rings. The molecule has 0 radical (unpaired) electrons. The molecule has 166 valence electrons. The third kappa shape index (κ3) is 6.04. The van der Waals surface area contributed by atoms with E-state index in [-0.39, 0.29) is 5.92 Å². The Morgan fingerprint density at radius 3 is 2.20 bits per heavy atom. The zero-order chi connectivity index (χ0) is 20.6. The molecular formula is C25H40N4O. The zero-order valence-corrected chi connectivity index (χ0v) is 18.7. The van der Waals surface area contributed by atoms with E-state index in [1.54, 1.807) is 0 Å². The van der Waals surface area contributed by atoms with E-state index in [0.29, 0.717) is 11.9 Å². The van der Waals surface area contributed by atoms with Crippen molar-refractivity contribution in [1.82, 2.24) is 19.7 Å². The average molecular weight is 413 g/mol. The highest BCUT2D eigenvalue weighted by Gasteiger charge is 2.33. The lowest BCUT2D eigenvalue weighted by Gasteiger charge is -2.42. The van der Waals surface area contributed by atoms with Crippen LogP contribution in [0.3, 0.4) is 0 Å². The summed E-state index contributed by atoms with van der Waals surface area (Å²) in [4.78, 5) is 24.9. The van der Waals surface area contributed by atoms with Gasteiger partial charge in [0.1, 0.15) is 0 Å². The number of hydrogen-bond donors (Lipinski definition) is 0. The molecule has 0 aliphatic carbocycles. The Morgan fingerprint density at radius 2 is 1.50 bits per heavy atom. The van der Waals surface area contributed by atoms with Crippen molar-refractivity contribution in [2.75, 3.05) is 39.3 Å². The molecule has 3 aliphatic rings. The molecule has 1 atom stereocenters. The summed E-state index contributed by atoms with van der Waals surface area (Å²) >= 11 is 0. The maximum absolute atomic E-state index is 13.3. The summed E-state index contributed by atoms with van der Waals surface area (Å²) in [6.45, 7) is 7.50. The quantitative estimate of drug-likeness (QED) is 0.751. The molecule has 5 nitrogen and oxygen atoms in total. The van der Waals surface area contributed by atoms with Crippen LogP contribution in [0.1, 0.15) is 69.8 Å². The van der Waals surface area contributed by atoms with E-state index in [1.807, 2.05) is 12.4 Å². The van der Waals surface area contributed by atoms with Crippen molar-refractivity contribution < 1.29 is 4.79 Å². The van der Waals surface area contributed by atoms with Crippen molar-refractivity contribution in [3.05, 3.63) is 30.1 Å². The molecule has 0 unspecified atom stereocenters. The molecule has 0 spiro atoms. The van der Waals surface area contributed by atoms with E-state index in [9.17, 15) is 4.79 Å². The van der Waals surface area contributed by atoms with E-state index >= 15 is 0 Å². The van der Waals surface area contributed by atoms with Gasteiger partial charge >= 0.3 is 0 Å². The van der Waals surface area contributed by atoms with Crippen LogP contribution in [0.5, 0.6) is 0 Å². The van der Waals surface area contributed by atoms with Crippen molar-refractivity contribution in [1.29, 1.82) is 0 Å². The Bertz CT molecular complexity index is 634. The number of pyridine rings is 1. The van der Waals surface area contributed by atoms with Crippen molar-refractivity contribution in [3.63, 3.8) is 0 Å². The standard InChI is InChI=1S/C25H40N4O/c30-25(28-15-5-3-1-2-4-6-16-28)23-8-7-17-29(21-23)24-11-18-27(19-12-24)20-22-9-13-26-14-10-22/h9-10,13-14,23-24H,1-8,11-12,15-21H2/t23-/m1/s1. The number of rotatable bonds is 4. The minimum atomic E-state index is 0.231. The Morgan fingerprint density at radius 1 is 0.833 bits per heavy atom. The van der Waals surface area contributed by atoms with Crippen LogP contribution in [0.4, 0.5) is 0 Å². The van der Waals surface area contributed by atoms with Crippen LogP contribution in [0.2, 0.25) is 0 Å². The van der Waals surface area contributed by atoms with Gasteiger partial charge in [-0.2, -0.15) is 0 Å². The highest BCUT2D eigenvalue weighted by Crippen LogP contribution is 2.26. The fourth-order valence-electron chi connectivity index (χ4n) is 5.63. The van der Waals surface area contributed by atoms with Gasteiger partial charge in [-0.1, -0.05) is 25.7 Å². The van der Waals surface area contributed by atoms with Crippen molar-refractivity contribution in [3.8, 4) is 0 Å². The van der Waals surface area contributed by atoms with Crippen molar-refractivity contribution >= 4 is 5.91 Å². The highest BCUT2D eigenvalue weighted by atomic mass is 16.2. The first kappa shape index (κ1) is 21.8. The summed E-state index contributed by atoms with van der Waals surface area (Å²) in [5, 5.41) is 0. The minimum Gasteiger partial charge on any atom is -0.342 e. The molecular weight excluding hydrogens is 372 g/mol. The molecule has 0 aromatic carbocycles. The Kier molecular flexibility index (Phi) is 8.15. The minimum absolute atomic E-state index is 0.231. The third-order valence-electron chi connectivity index (χ3n) is 7.45. The van der Waals surface area contributed by atoms with Crippen LogP contribution in [0.15, 0.2) is 24.5 Å². The van der Waals surface area contributed by atoms with Gasteiger partial charge in [0.05, 0.1) is 5.92 Å². The highest BCUT2D eigenvalue weighted by molar-refractivity contribution is 5.79. The normalized spacial score (nSPS) is 26.0. The molecule has 3 aliphatic heterocycles. The number of nitrogens with zero attached hydrogens (tertiary/aromatic N) is 4. The summed E-state index contributed by atoms with van der Waals surface area (Å²) in [5.74, 6) is 0.686. The van der Waals surface area contributed by atoms with E-state index in [2.05, 4.69) is 31.8 Å². The molecule has 0 N–H and O–H groups in total. The second-order valence-corrected chi connectivity index (χ2v) is 9.64. The smallest absolute Gasteiger partial charge is 0.226 e. The Labute approximate surface area is 182 Å². The Balaban J connectivity index is 1.26. The van der Waals surface area contributed by atoms with Gasteiger partial charge in [0.2, 0.25) is 5.91 Å². The predicted molar refractivity (Wildman–Crippen MR) is 121 cm³/mol. The Hall–Kier alpha value is -1.46. The topological polar surface area (TPSA) is 39.7 Å². The van der Waals surface area contributed by atoms with Crippen molar-refractivity contribution in [2.24, 2.45) is 5.92 Å². The van der Waals surface area contributed by atoms with Gasteiger partial charge in [0.25, 0.3) is 0 Å². The van der Waals surface area contributed by atoms with Gasteiger partial charge < -0.3 is 4.90 Å². The number of amides is 1. The monoisotopic (exact) mass is 412 g/mol. The molecule has 3 saturated heterocycles. The average Bonchev–Trinajstić information content (AvgIpc) is 2.94. The molecule has 4 heterocycles. The van der Waals surface area contributed by atoms with E-state index < -0.39 is 0 Å². The summed E-state index contributed by atoms with van der Waals surface area (Å²) < 4.78 is 0. The van der Waals surface area contributed by atoms with Gasteiger partial charge in [-0.3, -0.25) is 19.6 Å². The fourth-order valence-corrected chi connectivity index (χ4v) is 5.63. The SMILES string of the molecule is O=C([C@@H]1CCCN(C2CCN(Cc3ccncc3)CC2)C1)N1CCCCCCCC1. The van der Waals surface area contributed by atoms with Gasteiger partial charge in [0.15, 0.2) is 0 Å². The number of likely N-dealkylation sites (tertiary alicyclic amines) is 2. The van der Waals surface area contributed by atoms with Crippen LogP contribution >= 0.6 is 0 Å². The van der Waals surface area contributed by atoms with Crippen LogP contribution < -0.4 is 0 Å². The van der Waals surface area contributed by atoms with Crippen LogP contribution in [0, 0.1) is 5.92 Å². The largest absolute Gasteiger partial charge is 0.342 e. The van der Waals surface area contributed by atoms with Crippen LogP contribution in [-0.4, -0.2) is 70.9 Å². The maximum Gasteiger partial charge on any atom is 0.226 e. The maximum atomic E-state index is 13.3. The molecule has 4 rings (SSSR count). The fraction of sp³-hybridized carbons (Fsp3) is 0.760. The summed E-state index contributed by atoms with van der Waals surface area (Å²) in [6, 6.07) is 4.91. The first-order valence-electron chi connectivity index (χ1n) is 12.4. The number of piperidine rings is 2. The summed E-state index contributed by atoms with van der Waals surface area (Å²) in [6.07, 6.45) is 16.2. The number of carbonyl (C=O) groups excluding carboxylic acids is 1. The van der Waals surface area contributed by atoms with Gasteiger partial charge in [-0.05, 0) is 75.9 Å². The lowest BCUT2D eigenvalue weighted by molar-refractivity contribution is -0.138. The predicted octanol–water partition coefficient (Wildman–Crippen LogP) is 3.94. The first-order chi connectivity index (χ1) is 14.8. The summed E-state index contributed by atoms with van der Waals surface area (Å²) in [5.41, 5.74) is 1.36. The molecule has 5 heteroatoms. The molecule has 1 aromatic heterocycles. The second kappa shape index (κ2) is 11.2. The van der Waals surface area contributed by atoms with Gasteiger partial charge in [-0.15, -0.1) is 0 Å². The molecule has 0 saturated carbocycles. The van der Waals surface area contributed by atoms with E-state index in [1.165, 1.54) is 69.9 Å². The zero-order valence-electron chi connectivity index (χ0n) is 18.7.